The normalized spacial score (nSPS) is 41.7. The van der Waals surface area contributed by atoms with E-state index in [9.17, 15) is 9.59 Å². The predicted molar refractivity (Wildman–Crippen MR) is 68.9 cm³/mol. The molecule has 2 aliphatic carbocycles. The lowest BCUT2D eigenvalue weighted by molar-refractivity contribution is -0.156. The van der Waals surface area contributed by atoms with Crippen LogP contribution in [0.4, 0.5) is 0 Å². The van der Waals surface area contributed by atoms with E-state index in [2.05, 4.69) is 34.6 Å². The Morgan fingerprint density at radius 1 is 1.22 bits per heavy atom. The minimum absolute atomic E-state index is 0.0110. The summed E-state index contributed by atoms with van der Waals surface area (Å²) in [6.45, 7) is 11.3. The Balaban J connectivity index is 2.03. The number of nitrogens with zero attached hydrogens (tertiary/aromatic N) is 1. The first-order valence-electron chi connectivity index (χ1n) is 6.97. The molecule has 0 radical (unpaired) electrons. The molecule has 0 aromatic rings. The van der Waals surface area contributed by atoms with Crippen molar-refractivity contribution in [1.82, 2.24) is 4.90 Å². The lowest BCUT2D eigenvalue weighted by atomic mass is 9.51. The first-order chi connectivity index (χ1) is 8.11. The molecule has 18 heavy (non-hydrogen) atoms. The summed E-state index contributed by atoms with van der Waals surface area (Å²) in [7, 11) is 0. The van der Waals surface area contributed by atoms with Gasteiger partial charge in [-0.2, -0.15) is 0 Å². The predicted octanol–water partition coefficient (Wildman–Crippen LogP) is 2.25. The topological polar surface area (TPSA) is 37.4 Å². The molecule has 3 nitrogen and oxygen atoms in total. The van der Waals surface area contributed by atoms with Crippen molar-refractivity contribution in [3.63, 3.8) is 0 Å². The monoisotopic (exact) mass is 249 g/mol. The Bertz CT molecular complexity index is 446. The van der Waals surface area contributed by atoms with Crippen LogP contribution in [0.5, 0.6) is 0 Å². The van der Waals surface area contributed by atoms with E-state index in [1.807, 2.05) is 4.90 Å². The van der Waals surface area contributed by atoms with E-state index in [4.69, 9.17) is 0 Å². The van der Waals surface area contributed by atoms with Gasteiger partial charge in [0, 0.05) is 18.5 Å². The number of Topliss-reactive ketones (excluding diaryl/α,β-unsaturated/α-hetero) is 1. The van der Waals surface area contributed by atoms with Gasteiger partial charge in [-0.15, -0.1) is 0 Å². The van der Waals surface area contributed by atoms with Crippen LogP contribution in [-0.2, 0) is 9.59 Å². The lowest BCUT2D eigenvalue weighted by Gasteiger charge is -2.48. The van der Waals surface area contributed by atoms with Gasteiger partial charge in [0.1, 0.15) is 11.2 Å². The van der Waals surface area contributed by atoms with E-state index in [0.29, 0.717) is 6.42 Å². The van der Waals surface area contributed by atoms with Crippen LogP contribution in [-0.4, -0.2) is 28.7 Å². The standard InChI is InChI=1S/C15H23NO2/c1-13(2,3)16-8-9-6-10-14(4,5)7-11(17)15(9,10)12(16)18/h9-10H,6-8H2,1-5H3/t9-,10-,15+/m1/s1. The zero-order valence-corrected chi connectivity index (χ0v) is 12.0. The van der Waals surface area contributed by atoms with Crippen molar-refractivity contribution in [2.75, 3.05) is 6.54 Å². The van der Waals surface area contributed by atoms with Crippen molar-refractivity contribution in [1.29, 1.82) is 0 Å². The maximum Gasteiger partial charge on any atom is 0.237 e. The summed E-state index contributed by atoms with van der Waals surface area (Å²) in [6, 6.07) is 0. The molecule has 1 amide bonds. The zero-order valence-electron chi connectivity index (χ0n) is 12.0. The maximum atomic E-state index is 12.8. The molecule has 3 fully saturated rings. The fourth-order valence-corrected chi connectivity index (χ4v) is 4.59. The molecular weight excluding hydrogens is 226 g/mol. The quantitative estimate of drug-likeness (QED) is 0.617. The molecule has 0 bridgehead atoms. The van der Waals surface area contributed by atoms with Crippen LogP contribution in [0.25, 0.3) is 0 Å². The van der Waals surface area contributed by atoms with Crippen LogP contribution >= 0.6 is 0 Å². The highest BCUT2D eigenvalue weighted by Gasteiger charge is 2.76. The molecule has 3 heteroatoms. The molecule has 100 valence electrons. The molecule has 0 aromatic carbocycles. The summed E-state index contributed by atoms with van der Waals surface area (Å²) in [4.78, 5) is 27.3. The average Bonchev–Trinajstić information content (AvgIpc) is 2.40. The zero-order chi connectivity index (χ0) is 13.5. The number of rotatable bonds is 0. The highest BCUT2D eigenvalue weighted by Crippen LogP contribution is 2.69. The molecule has 2 saturated carbocycles. The highest BCUT2D eigenvalue weighted by atomic mass is 16.2. The largest absolute Gasteiger partial charge is 0.337 e. The summed E-state index contributed by atoms with van der Waals surface area (Å²) in [6.07, 6.45) is 1.63. The molecule has 1 heterocycles. The number of carbonyl (C=O) groups excluding carboxylic acids is 2. The molecule has 1 aliphatic heterocycles. The second-order valence-corrected chi connectivity index (χ2v) is 8.03. The van der Waals surface area contributed by atoms with Gasteiger partial charge in [0.25, 0.3) is 0 Å². The molecule has 0 unspecified atom stereocenters. The fourth-order valence-electron chi connectivity index (χ4n) is 4.59. The molecule has 0 N–H and O–H groups in total. The van der Waals surface area contributed by atoms with Crippen LogP contribution < -0.4 is 0 Å². The van der Waals surface area contributed by atoms with Crippen molar-refractivity contribution < 1.29 is 9.59 Å². The molecule has 3 aliphatic rings. The lowest BCUT2D eigenvalue weighted by Crippen LogP contribution is -2.55. The minimum atomic E-state index is -0.628. The molecule has 1 spiro atoms. The Hall–Kier alpha value is -0.860. The molecule has 3 atom stereocenters. The molecule has 1 saturated heterocycles. The van der Waals surface area contributed by atoms with Crippen molar-refractivity contribution in [3.8, 4) is 0 Å². The average molecular weight is 249 g/mol. The maximum absolute atomic E-state index is 12.8. The molecule has 3 rings (SSSR count). The van der Waals surface area contributed by atoms with E-state index in [1.54, 1.807) is 0 Å². The third-order valence-corrected chi connectivity index (χ3v) is 5.55. The molecule has 0 aromatic heterocycles. The second-order valence-electron chi connectivity index (χ2n) is 8.03. The first kappa shape index (κ1) is 12.2. The highest BCUT2D eigenvalue weighted by molar-refractivity contribution is 6.11. The van der Waals surface area contributed by atoms with Gasteiger partial charge in [0.2, 0.25) is 5.91 Å². The van der Waals surface area contributed by atoms with Gasteiger partial charge in [-0.3, -0.25) is 9.59 Å². The van der Waals surface area contributed by atoms with Gasteiger partial charge >= 0.3 is 0 Å². The number of hydrogen-bond acceptors (Lipinski definition) is 2. The Morgan fingerprint density at radius 3 is 2.33 bits per heavy atom. The van der Waals surface area contributed by atoms with E-state index < -0.39 is 5.41 Å². The number of carbonyl (C=O) groups is 2. The van der Waals surface area contributed by atoms with Gasteiger partial charge in [-0.05, 0) is 44.4 Å². The first-order valence-corrected chi connectivity index (χ1v) is 6.97. The SMILES string of the molecule is CC1(C)CC(=O)[C@]23C(=O)N(C(C)(C)C)C[C@H]2C[C@H]13. The number of ketones is 1. The van der Waals surface area contributed by atoms with Gasteiger partial charge in [-0.1, -0.05) is 13.8 Å². The van der Waals surface area contributed by atoms with Crippen LogP contribution in [0, 0.1) is 22.7 Å². The van der Waals surface area contributed by atoms with Crippen LogP contribution in [0.2, 0.25) is 0 Å². The summed E-state index contributed by atoms with van der Waals surface area (Å²) >= 11 is 0. The van der Waals surface area contributed by atoms with Crippen molar-refractivity contribution in [2.45, 2.75) is 53.0 Å². The molecular formula is C15H23NO2. The van der Waals surface area contributed by atoms with Crippen molar-refractivity contribution in [2.24, 2.45) is 22.7 Å². The Morgan fingerprint density at radius 2 is 1.83 bits per heavy atom. The van der Waals surface area contributed by atoms with Gasteiger partial charge < -0.3 is 4.90 Å². The minimum Gasteiger partial charge on any atom is -0.337 e. The van der Waals surface area contributed by atoms with E-state index in [1.165, 1.54) is 0 Å². The van der Waals surface area contributed by atoms with Crippen LogP contribution in [0.1, 0.15) is 47.5 Å². The number of hydrogen-bond donors (Lipinski definition) is 0. The van der Waals surface area contributed by atoms with Gasteiger partial charge in [0.15, 0.2) is 0 Å². The smallest absolute Gasteiger partial charge is 0.237 e. The summed E-state index contributed by atoms with van der Waals surface area (Å²) in [5.74, 6) is 0.892. The number of amides is 1. The number of likely N-dealkylation sites (tertiary alicyclic amines) is 1. The van der Waals surface area contributed by atoms with E-state index in [-0.39, 0.29) is 34.5 Å². The summed E-state index contributed by atoms with van der Waals surface area (Å²) in [5.41, 5.74) is -0.783. The second kappa shape index (κ2) is 3.00. The van der Waals surface area contributed by atoms with Crippen LogP contribution in [0.3, 0.4) is 0 Å². The van der Waals surface area contributed by atoms with Gasteiger partial charge in [0.05, 0.1) is 0 Å². The van der Waals surface area contributed by atoms with Gasteiger partial charge in [-0.25, -0.2) is 0 Å². The van der Waals surface area contributed by atoms with E-state index >= 15 is 0 Å². The summed E-state index contributed by atoms with van der Waals surface area (Å²) < 4.78 is 0. The third-order valence-electron chi connectivity index (χ3n) is 5.55. The van der Waals surface area contributed by atoms with Crippen molar-refractivity contribution in [3.05, 3.63) is 0 Å². The van der Waals surface area contributed by atoms with Crippen molar-refractivity contribution >= 4 is 11.7 Å². The van der Waals surface area contributed by atoms with Crippen LogP contribution in [0.15, 0.2) is 0 Å². The Labute approximate surface area is 109 Å². The third kappa shape index (κ3) is 1.11. The Kier molecular flexibility index (Phi) is 2.03. The van der Waals surface area contributed by atoms with E-state index in [0.717, 1.165) is 13.0 Å². The summed E-state index contributed by atoms with van der Waals surface area (Å²) in [5, 5.41) is 0. The fraction of sp³-hybridized carbons (Fsp3) is 0.867.